The number of aromatic nitrogens is 2. The lowest BCUT2D eigenvalue weighted by Gasteiger charge is -2.12. The number of hydrogen-bond acceptors (Lipinski definition) is 4. The van der Waals surface area contributed by atoms with Gasteiger partial charge in [-0.15, -0.1) is 22.7 Å². The largest absolute Gasteiger partial charge is 0.305 e. The van der Waals surface area contributed by atoms with Crippen LogP contribution in [0.15, 0.2) is 35.2 Å². The predicted octanol–water partition coefficient (Wildman–Crippen LogP) is 4.37. The molecule has 3 nitrogen and oxygen atoms in total. The maximum Gasteiger partial charge on any atom is 0.0540 e. The molecule has 3 heterocycles. The summed E-state index contributed by atoms with van der Waals surface area (Å²) in [5.74, 6) is 0. The second-order valence-corrected chi connectivity index (χ2v) is 7.13. The lowest BCUT2D eigenvalue weighted by atomic mass is 10.1. The first-order valence-corrected chi connectivity index (χ1v) is 8.74. The van der Waals surface area contributed by atoms with Crippen molar-refractivity contribution >= 4 is 22.7 Å². The highest BCUT2D eigenvalue weighted by Gasteiger charge is 2.12. The van der Waals surface area contributed by atoms with E-state index in [4.69, 9.17) is 0 Å². The Morgan fingerprint density at radius 3 is 2.90 bits per heavy atom. The molecule has 1 unspecified atom stereocenters. The number of rotatable bonds is 5. The third-order valence-corrected chi connectivity index (χ3v) is 5.64. The number of hydrogen-bond donors (Lipinski definition) is 1. The fraction of sp³-hybridized carbons (Fsp3) is 0.312. The van der Waals surface area contributed by atoms with Gasteiger partial charge in [-0.2, -0.15) is 5.10 Å². The van der Waals surface area contributed by atoms with E-state index in [-0.39, 0.29) is 0 Å². The van der Waals surface area contributed by atoms with E-state index in [2.05, 4.69) is 53.2 Å². The van der Waals surface area contributed by atoms with E-state index < -0.39 is 0 Å². The zero-order valence-electron chi connectivity index (χ0n) is 12.5. The Morgan fingerprint density at radius 1 is 1.38 bits per heavy atom. The van der Waals surface area contributed by atoms with Crippen molar-refractivity contribution in [3.63, 3.8) is 0 Å². The molecule has 0 aromatic carbocycles. The minimum Gasteiger partial charge on any atom is -0.305 e. The van der Waals surface area contributed by atoms with Crippen LogP contribution in [-0.4, -0.2) is 9.78 Å². The van der Waals surface area contributed by atoms with E-state index >= 15 is 0 Å². The molecule has 1 atom stereocenters. The topological polar surface area (TPSA) is 29.9 Å². The van der Waals surface area contributed by atoms with Gasteiger partial charge in [-0.3, -0.25) is 4.68 Å². The van der Waals surface area contributed by atoms with Gasteiger partial charge in [0.05, 0.1) is 6.20 Å². The summed E-state index contributed by atoms with van der Waals surface area (Å²) in [6.45, 7) is 5.20. The van der Waals surface area contributed by atoms with Crippen molar-refractivity contribution in [3.05, 3.63) is 51.3 Å². The molecule has 0 saturated heterocycles. The summed E-state index contributed by atoms with van der Waals surface area (Å²) in [7, 11) is 1.98. The van der Waals surface area contributed by atoms with Crippen LogP contribution in [0.5, 0.6) is 0 Å². The van der Waals surface area contributed by atoms with Gasteiger partial charge in [-0.05, 0) is 36.7 Å². The van der Waals surface area contributed by atoms with E-state index in [1.807, 2.05) is 29.3 Å². The third kappa shape index (κ3) is 3.10. The normalized spacial score (nSPS) is 12.7. The molecule has 0 fully saturated rings. The van der Waals surface area contributed by atoms with E-state index in [0.717, 1.165) is 6.54 Å². The van der Waals surface area contributed by atoms with Crippen LogP contribution in [0.2, 0.25) is 0 Å². The fourth-order valence-electron chi connectivity index (χ4n) is 2.35. The van der Waals surface area contributed by atoms with Crippen molar-refractivity contribution in [1.82, 2.24) is 15.1 Å². The molecule has 3 aromatic rings. The first kappa shape index (κ1) is 14.5. The first-order chi connectivity index (χ1) is 10.1. The van der Waals surface area contributed by atoms with E-state index in [9.17, 15) is 0 Å². The van der Waals surface area contributed by atoms with Gasteiger partial charge in [0.15, 0.2) is 0 Å². The van der Waals surface area contributed by atoms with Gasteiger partial charge in [0.2, 0.25) is 0 Å². The van der Waals surface area contributed by atoms with Gasteiger partial charge >= 0.3 is 0 Å². The van der Waals surface area contributed by atoms with Crippen LogP contribution in [0.3, 0.4) is 0 Å². The molecule has 5 heteroatoms. The lowest BCUT2D eigenvalue weighted by molar-refractivity contribution is 0.574. The standard InChI is InChI=1S/C16H19N3S2/c1-11(15-9-18-19(3)12(15)2)17-8-14-7-13(10-21-14)16-5-4-6-20-16/h4-7,9-11,17H,8H2,1-3H3. The molecule has 0 radical (unpaired) electrons. The third-order valence-electron chi connectivity index (χ3n) is 3.78. The van der Waals surface area contributed by atoms with Gasteiger partial charge in [-0.1, -0.05) is 6.07 Å². The van der Waals surface area contributed by atoms with Crippen LogP contribution < -0.4 is 5.32 Å². The summed E-state index contributed by atoms with van der Waals surface area (Å²) in [6.07, 6.45) is 1.96. The van der Waals surface area contributed by atoms with Crippen molar-refractivity contribution in [1.29, 1.82) is 0 Å². The van der Waals surface area contributed by atoms with Gasteiger partial charge in [-0.25, -0.2) is 0 Å². The monoisotopic (exact) mass is 317 g/mol. The van der Waals surface area contributed by atoms with Gasteiger partial charge in [0, 0.05) is 46.2 Å². The maximum absolute atomic E-state index is 4.31. The Morgan fingerprint density at radius 2 is 2.24 bits per heavy atom. The Kier molecular flexibility index (Phi) is 4.24. The smallest absolute Gasteiger partial charge is 0.0540 e. The SMILES string of the molecule is Cc1c(C(C)NCc2cc(-c3cccs3)cs2)cnn1C. The number of aryl methyl sites for hydroxylation is 1. The second kappa shape index (κ2) is 6.13. The van der Waals surface area contributed by atoms with Gasteiger partial charge < -0.3 is 5.32 Å². The zero-order chi connectivity index (χ0) is 14.8. The van der Waals surface area contributed by atoms with Crippen LogP contribution in [0.4, 0.5) is 0 Å². The van der Waals surface area contributed by atoms with E-state index in [1.54, 1.807) is 11.3 Å². The van der Waals surface area contributed by atoms with Crippen LogP contribution in [0.25, 0.3) is 10.4 Å². The quantitative estimate of drug-likeness (QED) is 0.757. The molecule has 0 aliphatic rings. The van der Waals surface area contributed by atoms with E-state index in [1.165, 1.54) is 26.6 Å². The summed E-state index contributed by atoms with van der Waals surface area (Å²) >= 11 is 3.61. The molecular formula is C16H19N3S2. The molecule has 1 N–H and O–H groups in total. The molecule has 0 aliphatic carbocycles. The Balaban J connectivity index is 1.64. The molecule has 0 spiro atoms. The lowest BCUT2D eigenvalue weighted by Crippen LogP contribution is -2.18. The molecule has 3 rings (SSSR count). The maximum atomic E-state index is 4.31. The summed E-state index contributed by atoms with van der Waals surface area (Å²) in [6, 6.07) is 6.87. The molecule has 0 saturated carbocycles. The highest BCUT2D eigenvalue weighted by molar-refractivity contribution is 7.14. The molecule has 110 valence electrons. The number of thiophene rings is 2. The Labute approximate surface area is 133 Å². The molecule has 0 aliphatic heterocycles. The number of nitrogens with one attached hydrogen (secondary N) is 1. The van der Waals surface area contributed by atoms with Crippen LogP contribution in [-0.2, 0) is 13.6 Å². The highest BCUT2D eigenvalue weighted by atomic mass is 32.1. The molecule has 0 amide bonds. The van der Waals surface area contributed by atoms with Crippen molar-refractivity contribution in [2.45, 2.75) is 26.4 Å². The van der Waals surface area contributed by atoms with Crippen molar-refractivity contribution < 1.29 is 0 Å². The molecule has 0 bridgehead atoms. The molecule has 3 aromatic heterocycles. The molecule has 21 heavy (non-hydrogen) atoms. The average Bonchev–Trinajstić information content (AvgIpc) is 3.19. The summed E-state index contributed by atoms with van der Waals surface area (Å²) in [5.41, 5.74) is 3.82. The van der Waals surface area contributed by atoms with Crippen molar-refractivity contribution in [2.75, 3.05) is 0 Å². The fourth-order valence-corrected chi connectivity index (χ4v) is 3.97. The minimum absolute atomic E-state index is 0.311. The van der Waals surface area contributed by atoms with Crippen molar-refractivity contribution in [3.8, 4) is 10.4 Å². The van der Waals surface area contributed by atoms with Gasteiger partial charge in [0.1, 0.15) is 0 Å². The summed E-state index contributed by atoms with van der Waals surface area (Å²) < 4.78 is 1.92. The van der Waals surface area contributed by atoms with Gasteiger partial charge in [0.25, 0.3) is 0 Å². The number of nitrogens with zero attached hydrogens (tertiary/aromatic N) is 2. The first-order valence-electron chi connectivity index (χ1n) is 6.98. The Bertz CT molecular complexity index is 710. The average molecular weight is 317 g/mol. The van der Waals surface area contributed by atoms with Crippen LogP contribution in [0.1, 0.15) is 29.1 Å². The Hall–Kier alpha value is -1.43. The predicted molar refractivity (Wildman–Crippen MR) is 90.8 cm³/mol. The summed E-state index contributed by atoms with van der Waals surface area (Å²) in [5, 5.41) is 12.3. The second-order valence-electron chi connectivity index (χ2n) is 5.19. The zero-order valence-corrected chi connectivity index (χ0v) is 14.1. The van der Waals surface area contributed by atoms with Crippen LogP contribution in [0, 0.1) is 6.92 Å². The minimum atomic E-state index is 0.311. The van der Waals surface area contributed by atoms with E-state index in [0.29, 0.717) is 6.04 Å². The van der Waals surface area contributed by atoms with Crippen LogP contribution >= 0.6 is 22.7 Å². The highest BCUT2D eigenvalue weighted by Crippen LogP contribution is 2.29. The molecular weight excluding hydrogens is 298 g/mol. The summed E-state index contributed by atoms with van der Waals surface area (Å²) in [4.78, 5) is 2.71. The van der Waals surface area contributed by atoms with Crippen molar-refractivity contribution in [2.24, 2.45) is 7.05 Å².